The van der Waals surface area contributed by atoms with Crippen LogP contribution in [-0.2, 0) is 0 Å². The van der Waals surface area contributed by atoms with Gasteiger partial charge in [-0.1, -0.05) is 31.9 Å². The Bertz CT molecular complexity index is 462. The molecule has 2 rings (SSSR count). The van der Waals surface area contributed by atoms with Crippen LogP contribution in [0.5, 0.6) is 5.75 Å². The standard InChI is InChI=1S/C18H29N3O/c1-15(16-7-9-17(22-2)10-8-16)11-12-20-18(19)21-13-5-3-4-6-14-21/h7-10,15H,3-6,11-14H2,1-2H3,(H2,19,20). The maximum atomic E-state index is 6.14. The van der Waals surface area contributed by atoms with E-state index in [1.807, 2.05) is 12.1 Å². The predicted octanol–water partition coefficient (Wildman–Crippen LogP) is 3.38. The SMILES string of the molecule is COc1ccc(C(C)CCN=C(N)N2CCCCCC2)cc1. The third-order valence-electron chi connectivity index (χ3n) is 4.45. The van der Waals surface area contributed by atoms with E-state index in [0.717, 1.165) is 37.8 Å². The van der Waals surface area contributed by atoms with Gasteiger partial charge in [-0.15, -0.1) is 0 Å². The van der Waals surface area contributed by atoms with Crippen molar-refractivity contribution in [2.45, 2.75) is 44.9 Å². The third kappa shape index (κ3) is 4.93. The zero-order chi connectivity index (χ0) is 15.8. The number of likely N-dealkylation sites (tertiary alicyclic amines) is 1. The van der Waals surface area contributed by atoms with Crippen molar-refractivity contribution < 1.29 is 4.74 Å². The summed E-state index contributed by atoms with van der Waals surface area (Å²) >= 11 is 0. The lowest BCUT2D eigenvalue weighted by Crippen LogP contribution is -2.38. The zero-order valence-corrected chi connectivity index (χ0v) is 13.9. The third-order valence-corrected chi connectivity index (χ3v) is 4.45. The highest BCUT2D eigenvalue weighted by molar-refractivity contribution is 5.78. The predicted molar refractivity (Wildman–Crippen MR) is 92.6 cm³/mol. The number of benzene rings is 1. The number of rotatable bonds is 5. The van der Waals surface area contributed by atoms with Crippen molar-refractivity contribution in [3.63, 3.8) is 0 Å². The highest BCUT2D eigenvalue weighted by atomic mass is 16.5. The van der Waals surface area contributed by atoms with Crippen molar-refractivity contribution in [1.82, 2.24) is 4.90 Å². The van der Waals surface area contributed by atoms with E-state index >= 15 is 0 Å². The molecule has 4 nitrogen and oxygen atoms in total. The van der Waals surface area contributed by atoms with Gasteiger partial charge in [0.2, 0.25) is 0 Å². The molecule has 1 heterocycles. The lowest BCUT2D eigenvalue weighted by atomic mass is 9.98. The van der Waals surface area contributed by atoms with Crippen LogP contribution in [0.15, 0.2) is 29.3 Å². The summed E-state index contributed by atoms with van der Waals surface area (Å²) in [5, 5.41) is 0. The number of methoxy groups -OCH3 is 1. The second-order valence-electron chi connectivity index (χ2n) is 6.10. The Balaban J connectivity index is 1.81. The van der Waals surface area contributed by atoms with Crippen LogP contribution in [0.3, 0.4) is 0 Å². The van der Waals surface area contributed by atoms with E-state index in [4.69, 9.17) is 10.5 Å². The normalized spacial score (nSPS) is 17.9. The van der Waals surface area contributed by atoms with Crippen LogP contribution >= 0.6 is 0 Å². The van der Waals surface area contributed by atoms with E-state index in [1.165, 1.54) is 31.2 Å². The summed E-state index contributed by atoms with van der Waals surface area (Å²) in [6.45, 7) is 5.14. The Morgan fingerprint density at radius 1 is 1.18 bits per heavy atom. The molecule has 22 heavy (non-hydrogen) atoms. The summed E-state index contributed by atoms with van der Waals surface area (Å²) in [5.74, 6) is 2.11. The summed E-state index contributed by atoms with van der Waals surface area (Å²) in [7, 11) is 1.69. The van der Waals surface area contributed by atoms with Gasteiger partial charge < -0.3 is 15.4 Å². The molecular formula is C18H29N3O. The van der Waals surface area contributed by atoms with Crippen molar-refractivity contribution in [3.05, 3.63) is 29.8 Å². The van der Waals surface area contributed by atoms with E-state index in [2.05, 4.69) is 28.9 Å². The minimum absolute atomic E-state index is 0.478. The molecule has 1 saturated heterocycles. The first-order valence-electron chi connectivity index (χ1n) is 8.39. The van der Waals surface area contributed by atoms with Crippen LogP contribution in [-0.4, -0.2) is 37.6 Å². The van der Waals surface area contributed by atoms with Gasteiger partial charge in [0.05, 0.1) is 7.11 Å². The molecule has 0 spiro atoms. The van der Waals surface area contributed by atoms with Crippen molar-refractivity contribution >= 4 is 5.96 Å². The number of guanidine groups is 1. The molecule has 0 saturated carbocycles. The van der Waals surface area contributed by atoms with Gasteiger partial charge in [-0.25, -0.2) is 0 Å². The van der Waals surface area contributed by atoms with Crippen LogP contribution in [0, 0.1) is 0 Å². The molecule has 0 bridgehead atoms. The number of nitrogens with two attached hydrogens (primary N) is 1. The molecule has 0 aliphatic carbocycles. The van der Waals surface area contributed by atoms with Crippen LogP contribution < -0.4 is 10.5 Å². The summed E-state index contributed by atoms with van der Waals surface area (Å²) in [6, 6.07) is 8.29. The monoisotopic (exact) mass is 303 g/mol. The smallest absolute Gasteiger partial charge is 0.191 e. The Labute approximate surface area is 134 Å². The van der Waals surface area contributed by atoms with Gasteiger partial charge in [-0.3, -0.25) is 4.99 Å². The molecule has 1 fully saturated rings. The molecule has 1 aromatic carbocycles. The number of nitrogens with zero attached hydrogens (tertiary/aromatic N) is 2. The van der Waals surface area contributed by atoms with Crippen molar-refractivity contribution in [1.29, 1.82) is 0 Å². The quantitative estimate of drug-likeness (QED) is 0.670. The molecule has 1 unspecified atom stereocenters. The number of ether oxygens (including phenoxy) is 1. The molecule has 2 N–H and O–H groups in total. The molecule has 1 aromatic rings. The van der Waals surface area contributed by atoms with E-state index in [0.29, 0.717) is 5.92 Å². The van der Waals surface area contributed by atoms with Gasteiger partial charge in [0.25, 0.3) is 0 Å². The molecule has 1 atom stereocenters. The summed E-state index contributed by atoms with van der Waals surface area (Å²) in [5.41, 5.74) is 7.46. The second kappa shape index (κ2) is 8.66. The summed E-state index contributed by atoms with van der Waals surface area (Å²) < 4.78 is 5.19. The minimum atomic E-state index is 0.478. The maximum absolute atomic E-state index is 6.14. The minimum Gasteiger partial charge on any atom is -0.497 e. The highest BCUT2D eigenvalue weighted by Crippen LogP contribution is 2.21. The Kier molecular flexibility index (Phi) is 6.56. The van der Waals surface area contributed by atoms with Gasteiger partial charge in [0.15, 0.2) is 5.96 Å². The van der Waals surface area contributed by atoms with E-state index in [-0.39, 0.29) is 0 Å². The molecule has 1 aliphatic rings. The second-order valence-corrected chi connectivity index (χ2v) is 6.10. The van der Waals surface area contributed by atoms with Crippen LogP contribution in [0.4, 0.5) is 0 Å². The van der Waals surface area contributed by atoms with Gasteiger partial charge in [0.1, 0.15) is 5.75 Å². The van der Waals surface area contributed by atoms with Crippen molar-refractivity contribution in [2.24, 2.45) is 10.7 Å². The van der Waals surface area contributed by atoms with Crippen molar-refractivity contribution in [3.8, 4) is 5.75 Å². The van der Waals surface area contributed by atoms with Crippen LogP contribution in [0.2, 0.25) is 0 Å². The van der Waals surface area contributed by atoms with E-state index in [9.17, 15) is 0 Å². The fourth-order valence-corrected chi connectivity index (χ4v) is 2.87. The Morgan fingerprint density at radius 2 is 1.82 bits per heavy atom. The topological polar surface area (TPSA) is 50.9 Å². The fourth-order valence-electron chi connectivity index (χ4n) is 2.87. The van der Waals surface area contributed by atoms with Crippen molar-refractivity contribution in [2.75, 3.05) is 26.7 Å². The molecule has 0 amide bonds. The van der Waals surface area contributed by atoms with Gasteiger partial charge >= 0.3 is 0 Å². The Morgan fingerprint density at radius 3 is 2.41 bits per heavy atom. The largest absolute Gasteiger partial charge is 0.497 e. The van der Waals surface area contributed by atoms with Crippen LogP contribution in [0.1, 0.15) is 50.5 Å². The first-order chi connectivity index (χ1) is 10.7. The van der Waals surface area contributed by atoms with Gasteiger partial charge in [-0.05, 0) is 42.9 Å². The van der Waals surface area contributed by atoms with Gasteiger partial charge in [-0.2, -0.15) is 0 Å². The molecular weight excluding hydrogens is 274 g/mol. The average Bonchev–Trinajstić information content (AvgIpc) is 2.84. The molecule has 4 heteroatoms. The zero-order valence-electron chi connectivity index (χ0n) is 13.9. The first kappa shape index (κ1) is 16.7. The average molecular weight is 303 g/mol. The molecule has 1 aliphatic heterocycles. The van der Waals surface area contributed by atoms with E-state index < -0.39 is 0 Å². The first-order valence-corrected chi connectivity index (χ1v) is 8.39. The molecule has 122 valence electrons. The van der Waals surface area contributed by atoms with Gasteiger partial charge in [0, 0.05) is 19.6 Å². The fraction of sp³-hybridized carbons (Fsp3) is 0.611. The highest BCUT2D eigenvalue weighted by Gasteiger charge is 2.11. The summed E-state index contributed by atoms with van der Waals surface area (Å²) in [6.07, 6.45) is 6.12. The number of hydrogen-bond acceptors (Lipinski definition) is 2. The Hall–Kier alpha value is -1.71. The van der Waals surface area contributed by atoms with Crippen LogP contribution in [0.25, 0.3) is 0 Å². The number of hydrogen-bond donors (Lipinski definition) is 1. The van der Waals surface area contributed by atoms with E-state index in [1.54, 1.807) is 7.11 Å². The molecule has 0 radical (unpaired) electrons. The maximum Gasteiger partial charge on any atom is 0.191 e. The lowest BCUT2D eigenvalue weighted by molar-refractivity contribution is 0.414. The molecule has 0 aromatic heterocycles. The lowest BCUT2D eigenvalue weighted by Gasteiger charge is -2.21. The number of aliphatic imine (C=N–C) groups is 1. The summed E-state index contributed by atoms with van der Waals surface area (Å²) in [4.78, 5) is 6.83.